The Morgan fingerprint density at radius 1 is 1.25 bits per heavy atom. The number of phenolic OH excluding ortho intramolecular Hbond substituents is 1. The van der Waals surface area contributed by atoms with Crippen molar-refractivity contribution in [1.29, 1.82) is 0 Å². The van der Waals surface area contributed by atoms with Crippen LogP contribution in [-0.2, 0) is 16.0 Å². The zero-order valence-electron chi connectivity index (χ0n) is 14.9. The summed E-state index contributed by atoms with van der Waals surface area (Å²) in [5.74, 6) is -0.690. The van der Waals surface area contributed by atoms with Crippen molar-refractivity contribution in [2.45, 2.75) is 52.7 Å². The van der Waals surface area contributed by atoms with Gasteiger partial charge in [0.1, 0.15) is 23.1 Å². The van der Waals surface area contributed by atoms with Gasteiger partial charge in [-0.2, -0.15) is 0 Å². The number of rotatable bonds is 5. The first-order chi connectivity index (χ1) is 11.0. The number of aromatic hydroxyl groups is 1. The van der Waals surface area contributed by atoms with Crippen molar-refractivity contribution in [2.75, 3.05) is 7.11 Å². The van der Waals surface area contributed by atoms with E-state index in [1.807, 2.05) is 0 Å². The van der Waals surface area contributed by atoms with Gasteiger partial charge in [0.05, 0.1) is 7.11 Å². The van der Waals surface area contributed by atoms with Gasteiger partial charge in [0.2, 0.25) is 0 Å². The Hall–Kier alpha value is -2.44. The first kappa shape index (κ1) is 19.6. The van der Waals surface area contributed by atoms with Crippen LogP contribution in [0, 0.1) is 13.8 Å². The Morgan fingerprint density at radius 3 is 2.29 bits per heavy atom. The first-order valence-corrected chi connectivity index (χ1v) is 7.54. The van der Waals surface area contributed by atoms with Gasteiger partial charge >= 0.3 is 12.1 Å². The lowest BCUT2D eigenvalue weighted by Gasteiger charge is -2.22. The van der Waals surface area contributed by atoms with Gasteiger partial charge in [0.15, 0.2) is 0 Å². The number of aliphatic carboxylic acids is 1. The highest BCUT2D eigenvalue weighted by Crippen LogP contribution is 2.33. The number of hydrogen-bond acceptors (Lipinski definition) is 5. The third-order valence-corrected chi connectivity index (χ3v) is 3.53. The van der Waals surface area contributed by atoms with Crippen molar-refractivity contribution >= 4 is 12.1 Å². The highest BCUT2D eigenvalue weighted by molar-refractivity contribution is 5.80. The molecule has 24 heavy (non-hydrogen) atoms. The second-order valence-electron chi connectivity index (χ2n) is 6.58. The molecule has 0 aliphatic heterocycles. The van der Waals surface area contributed by atoms with Crippen LogP contribution in [0.15, 0.2) is 6.07 Å². The van der Waals surface area contributed by atoms with E-state index in [4.69, 9.17) is 9.47 Å². The number of benzene rings is 1. The van der Waals surface area contributed by atoms with E-state index in [0.29, 0.717) is 16.9 Å². The average molecular weight is 339 g/mol. The summed E-state index contributed by atoms with van der Waals surface area (Å²) in [6.45, 7) is 8.56. The molecular weight excluding hydrogens is 314 g/mol. The fourth-order valence-electron chi connectivity index (χ4n) is 2.18. The zero-order chi connectivity index (χ0) is 18.7. The third kappa shape index (κ3) is 5.04. The Bertz CT molecular complexity index is 633. The highest BCUT2D eigenvalue weighted by Gasteiger charge is 2.26. The predicted octanol–water partition coefficient (Wildman–Crippen LogP) is 2.54. The second-order valence-corrected chi connectivity index (χ2v) is 6.58. The molecule has 7 heteroatoms. The summed E-state index contributed by atoms with van der Waals surface area (Å²) in [4.78, 5) is 23.2. The smallest absolute Gasteiger partial charge is 0.408 e. The fourth-order valence-corrected chi connectivity index (χ4v) is 2.18. The van der Waals surface area contributed by atoms with Crippen LogP contribution in [-0.4, -0.2) is 41.0 Å². The molecule has 0 spiro atoms. The number of carbonyl (C=O) groups excluding carboxylic acids is 1. The minimum Gasteiger partial charge on any atom is -0.507 e. The minimum absolute atomic E-state index is 0.00876. The summed E-state index contributed by atoms with van der Waals surface area (Å²) >= 11 is 0. The van der Waals surface area contributed by atoms with E-state index >= 15 is 0 Å². The van der Waals surface area contributed by atoms with Crippen molar-refractivity contribution in [3.05, 3.63) is 22.8 Å². The lowest BCUT2D eigenvalue weighted by molar-refractivity contribution is -0.139. The van der Waals surface area contributed by atoms with Crippen LogP contribution in [0.1, 0.15) is 37.5 Å². The largest absolute Gasteiger partial charge is 0.507 e. The van der Waals surface area contributed by atoms with E-state index in [9.17, 15) is 19.8 Å². The van der Waals surface area contributed by atoms with Crippen LogP contribution in [0.3, 0.4) is 0 Å². The molecule has 0 fully saturated rings. The van der Waals surface area contributed by atoms with Crippen LogP contribution in [0.25, 0.3) is 0 Å². The molecule has 3 N–H and O–H groups in total. The molecule has 1 unspecified atom stereocenters. The number of ether oxygens (including phenoxy) is 2. The molecule has 134 valence electrons. The Balaban J connectivity index is 3.04. The van der Waals surface area contributed by atoms with Crippen LogP contribution in [0.2, 0.25) is 0 Å². The van der Waals surface area contributed by atoms with Gasteiger partial charge in [-0.25, -0.2) is 9.59 Å². The molecule has 1 rings (SSSR count). The molecule has 0 aromatic heterocycles. The number of hydrogen-bond donors (Lipinski definition) is 3. The number of alkyl carbamates (subject to hydrolysis) is 1. The molecule has 0 aliphatic carbocycles. The lowest BCUT2D eigenvalue weighted by atomic mass is 9.98. The number of methoxy groups -OCH3 is 1. The van der Waals surface area contributed by atoms with Crippen LogP contribution in [0.4, 0.5) is 4.79 Å². The van der Waals surface area contributed by atoms with Crippen molar-refractivity contribution < 1.29 is 29.3 Å². The van der Waals surface area contributed by atoms with Crippen molar-refractivity contribution in [2.24, 2.45) is 0 Å². The first-order valence-electron chi connectivity index (χ1n) is 7.54. The Labute approximate surface area is 141 Å². The van der Waals surface area contributed by atoms with Crippen molar-refractivity contribution in [3.8, 4) is 11.5 Å². The quantitative estimate of drug-likeness (QED) is 0.761. The molecule has 0 bridgehead atoms. The van der Waals surface area contributed by atoms with Gasteiger partial charge in [-0.15, -0.1) is 0 Å². The maximum absolute atomic E-state index is 11.8. The van der Waals surface area contributed by atoms with Gasteiger partial charge in [-0.05, 0) is 51.8 Å². The van der Waals surface area contributed by atoms with E-state index in [2.05, 4.69) is 5.32 Å². The predicted molar refractivity (Wildman–Crippen MR) is 88.6 cm³/mol. The lowest BCUT2D eigenvalue weighted by Crippen LogP contribution is -2.44. The monoisotopic (exact) mass is 339 g/mol. The highest BCUT2D eigenvalue weighted by atomic mass is 16.6. The molecule has 0 saturated heterocycles. The van der Waals surface area contributed by atoms with E-state index < -0.39 is 23.7 Å². The summed E-state index contributed by atoms with van der Waals surface area (Å²) in [6.07, 6.45) is -0.928. The van der Waals surface area contributed by atoms with Crippen LogP contribution in [0.5, 0.6) is 11.5 Å². The Kier molecular flexibility index (Phi) is 6.06. The van der Waals surface area contributed by atoms with Crippen molar-refractivity contribution in [1.82, 2.24) is 5.32 Å². The van der Waals surface area contributed by atoms with Crippen LogP contribution >= 0.6 is 0 Å². The SMILES string of the molecule is COc1cc(CC(NC(=O)OC(C)(C)C)C(=O)O)c(O)c(C)c1C. The number of amides is 1. The molecule has 1 atom stereocenters. The number of carboxylic acid groups (broad SMARTS) is 1. The molecule has 1 aromatic rings. The minimum atomic E-state index is -1.24. The van der Waals surface area contributed by atoms with Gasteiger partial charge in [0.25, 0.3) is 0 Å². The summed E-state index contributed by atoms with van der Waals surface area (Å²) in [6, 6.07) is 0.335. The topological polar surface area (TPSA) is 105 Å². The average Bonchev–Trinajstić information content (AvgIpc) is 2.44. The van der Waals surface area contributed by atoms with Gasteiger partial charge in [-0.3, -0.25) is 0 Å². The zero-order valence-corrected chi connectivity index (χ0v) is 14.9. The summed E-state index contributed by atoms with van der Waals surface area (Å²) in [5.41, 5.74) is 1.01. The summed E-state index contributed by atoms with van der Waals surface area (Å²) < 4.78 is 10.3. The van der Waals surface area contributed by atoms with Gasteiger partial charge in [-0.1, -0.05) is 0 Å². The number of carbonyl (C=O) groups is 2. The van der Waals surface area contributed by atoms with Crippen molar-refractivity contribution in [3.63, 3.8) is 0 Å². The molecule has 0 radical (unpaired) electrons. The maximum atomic E-state index is 11.8. The van der Waals surface area contributed by atoms with E-state index in [-0.39, 0.29) is 12.2 Å². The molecule has 7 nitrogen and oxygen atoms in total. The standard InChI is InChI=1S/C17H25NO6/c1-9-10(2)14(19)11(8-13(9)23-6)7-12(15(20)21)18-16(22)24-17(3,4)5/h8,12,19H,7H2,1-6H3,(H,18,22)(H,20,21). The van der Waals surface area contributed by atoms with Gasteiger partial charge < -0.3 is 25.0 Å². The molecule has 0 heterocycles. The number of carboxylic acids is 1. The number of phenols is 1. The number of nitrogens with one attached hydrogen (secondary N) is 1. The third-order valence-electron chi connectivity index (χ3n) is 3.53. The van der Waals surface area contributed by atoms with Crippen LogP contribution < -0.4 is 10.1 Å². The molecule has 0 aliphatic rings. The normalized spacial score (nSPS) is 12.4. The summed E-state index contributed by atoms with van der Waals surface area (Å²) in [5, 5.41) is 21.9. The van der Waals surface area contributed by atoms with E-state index in [0.717, 1.165) is 5.56 Å². The summed E-state index contributed by atoms with van der Waals surface area (Å²) in [7, 11) is 1.50. The van der Waals surface area contributed by atoms with Gasteiger partial charge in [0, 0.05) is 12.0 Å². The Morgan fingerprint density at radius 2 is 1.83 bits per heavy atom. The van der Waals surface area contributed by atoms with E-state index in [1.54, 1.807) is 40.7 Å². The molecule has 1 aromatic carbocycles. The van der Waals surface area contributed by atoms with E-state index in [1.165, 1.54) is 7.11 Å². The second kappa shape index (κ2) is 7.42. The fraction of sp³-hybridized carbons (Fsp3) is 0.529. The maximum Gasteiger partial charge on any atom is 0.408 e. The molecule has 1 amide bonds. The molecular formula is C17H25NO6. The molecule has 0 saturated carbocycles.